The topological polar surface area (TPSA) is 78.3 Å². The molecular formula is C30H28BrClN4O3S. The largest absolute Gasteiger partial charge is 0.489 e. The van der Waals surface area contributed by atoms with Gasteiger partial charge in [0.15, 0.2) is 0 Å². The summed E-state index contributed by atoms with van der Waals surface area (Å²) in [4.78, 5) is 18.1. The Labute approximate surface area is 251 Å². The number of benzene rings is 3. The molecule has 2 heterocycles. The van der Waals surface area contributed by atoms with Gasteiger partial charge < -0.3 is 14.8 Å². The van der Waals surface area contributed by atoms with Gasteiger partial charge in [0.25, 0.3) is 0 Å². The fourth-order valence-electron chi connectivity index (χ4n) is 4.50. The summed E-state index contributed by atoms with van der Waals surface area (Å²) >= 11 is 11.4. The van der Waals surface area contributed by atoms with Gasteiger partial charge in [-0.1, -0.05) is 81.8 Å². The van der Waals surface area contributed by atoms with Crippen molar-refractivity contribution < 1.29 is 14.3 Å². The van der Waals surface area contributed by atoms with E-state index in [0.717, 1.165) is 26.7 Å². The standard InChI is InChI=1S/C30H28BrClN4O3S/c1-4-38-28(37)26-19(3)33-29-34-30(40-17-21-11-7-8-12-24(21)32)35-36(29)27(26)23-15-22(31)13-14-25(23)39-16-20-10-6-5-9-18(20)2/h5-15,27H,4,16-17H2,1-3H3,(H,33,34,35). The summed E-state index contributed by atoms with van der Waals surface area (Å²) in [6.07, 6.45) is 0. The first-order valence-electron chi connectivity index (χ1n) is 12.8. The Morgan fingerprint density at radius 1 is 1.10 bits per heavy atom. The Hall–Kier alpha value is -3.27. The van der Waals surface area contributed by atoms with Crippen LogP contribution in [0.15, 0.2) is 87.6 Å². The van der Waals surface area contributed by atoms with Gasteiger partial charge in [-0.2, -0.15) is 4.98 Å². The molecule has 206 valence electrons. The van der Waals surface area contributed by atoms with Gasteiger partial charge in [-0.25, -0.2) is 9.48 Å². The number of carbonyl (C=O) groups excluding carboxylic acids is 1. The van der Waals surface area contributed by atoms with Crippen LogP contribution in [-0.4, -0.2) is 27.3 Å². The van der Waals surface area contributed by atoms with E-state index in [0.29, 0.717) is 45.5 Å². The molecular weight excluding hydrogens is 612 g/mol. The molecule has 1 N–H and O–H groups in total. The summed E-state index contributed by atoms with van der Waals surface area (Å²) in [6.45, 7) is 6.33. The first kappa shape index (κ1) is 28.3. The Kier molecular flexibility index (Phi) is 8.83. The van der Waals surface area contributed by atoms with Gasteiger partial charge in [-0.15, -0.1) is 5.10 Å². The lowest BCUT2D eigenvalue weighted by Gasteiger charge is -2.29. The minimum atomic E-state index is -0.623. The molecule has 1 atom stereocenters. The molecule has 0 bridgehead atoms. The third-order valence-electron chi connectivity index (χ3n) is 6.55. The molecule has 0 radical (unpaired) electrons. The average molecular weight is 640 g/mol. The number of halogens is 2. The summed E-state index contributed by atoms with van der Waals surface area (Å²) < 4.78 is 14.4. The normalized spacial score (nSPS) is 14.5. The Morgan fingerprint density at radius 3 is 2.60 bits per heavy atom. The number of ether oxygens (including phenoxy) is 2. The van der Waals surface area contributed by atoms with E-state index in [4.69, 9.17) is 31.2 Å². The van der Waals surface area contributed by atoms with Crippen LogP contribution in [-0.2, 0) is 21.9 Å². The van der Waals surface area contributed by atoms with Gasteiger partial charge in [0, 0.05) is 26.5 Å². The van der Waals surface area contributed by atoms with Crippen molar-refractivity contribution in [1.82, 2.24) is 14.8 Å². The van der Waals surface area contributed by atoms with E-state index >= 15 is 0 Å². The van der Waals surface area contributed by atoms with Crippen LogP contribution in [0.3, 0.4) is 0 Å². The fraction of sp³-hybridized carbons (Fsp3) is 0.233. The highest BCUT2D eigenvalue weighted by Crippen LogP contribution is 2.42. The number of allylic oxidation sites excluding steroid dienone is 1. The zero-order valence-corrected chi connectivity index (χ0v) is 25.4. The second-order valence-corrected chi connectivity index (χ2v) is 11.5. The maximum Gasteiger partial charge on any atom is 0.338 e. The molecule has 0 fully saturated rings. The van der Waals surface area contributed by atoms with Crippen molar-refractivity contribution >= 4 is 51.2 Å². The summed E-state index contributed by atoms with van der Waals surface area (Å²) in [6, 6.07) is 21.0. The van der Waals surface area contributed by atoms with Crippen molar-refractivity contribution in [3.05, 3.63) is 110 Å². The van der Waals surface area contributed by atoms with E-state index in [1.54, 1.807) is 11.6 Å². The van der Waals surface area contributed by atoms with Crippen LogP contribution in [0.4, 0.5) is 5.95 Å². The SMILES string of the molecule is CCOC(=O)C1=C(C)Nc2nc(SCc3ccccc3Cl)nn2C1c1cc(Br)ccc1OCc1ccccc1C. The molecule has 7 nitrogen and oxygen atoms in total. The van der Waals surface area contributed by atoms with Crippen molar-refractivity contribution in [3.8, 4) is 5.75 Å². The molecule has 0 amide bonds. The van der Waals surface area contributed by atoms with Crippen LogP contribution in [0.5, 0.6) is 5.75 Å². The van der Waals surface area contributed by atoms with E-state index in [9.17, 15) is 4.79 Å². The minimum absolute atomic E-state index is 0.251. The number of thioether (sulfide) groups is 1. The average Bonchev–Trinajstić information content (AvgIpc) is 3.34. The molecule has 1 aromatic heterocycles. The number of anilines is 1. The molecule has 0 saturated carbocycles. The van der Waals surface area contributed by atoms with Gasteiger partial charge in [0.2, 0.25) is 11.1 Å². The zero-order valence-electron chi connectivity index (χ0n) is 22.3. The number of carbonyl (C=O) groups is 1. The van der Waals surface area contributed by atoms with Gasteiger partial charge in [-0.3, -0.25) is 0 Å². The van der Waals surface area contributed by atoms with Crippen LogP contribution < -0.4 is 10.1 Å². The third kappa shape index (κ3) is 6.06. The molecule has 0 saturated heterocycles. The van der Waals surface area contributed by atoms with Crippen LogP contribution >= 0.6 is 39.3 Å². The monoisotopic (exact) mass is 638 g/mol. The van der Waals surface area contributed by atoms with Gasteiger partial charge >= 0.3 is 5.97 Å². The molecule has 40 heavy (non-hydrogen) atoms. The van der Waals surface area contributed by atoms with E-state index in [-0.39, 0.29) is 6.61 Å². The summed E-state index contributed by atoms with van der Waals surface area (Å²) in [7, 11) is 0. The number of aromatic nitrogens is 3. The van der Waals surface area contributed by atoms with Crippen LogP contribution in [0.2, 0.25) is 5.02 Å². The van der Waals surface area contributed by atoms with Crippen LogP contribution in [0.1, 0.15) is 42.1 Å². The first-order valence-corrected chi connectivity index (χ1v) is 15.0. The molecule has 1 aliphatic heterocycles. The number of aryl methyl sites for hydroxylation is 1. The predicted molar refractivity (Wildman–Crippen MR) is 162 cm³/mol. The van der Waals surface area contributed by atoms with E-state index in [1.165, 1.54) is 11.8 Å². The maximum atomic E-state index is 13.3. The molecule has 0 spiro atoms. The number of nitrogens with zero attached hydrogens (tertiary/aromatic N) is 3. The number of hydrogen-bond donors (Lipinski definition) is 1. The highest BCUT2D eigenvalue weighted by atomic mass is 79.9. The number of nitrogens with one attached hydrogen (secondary N) is 1. The molecule has 4 aromatic rings. The summed E-state index contributed by atoms with van der Waals surface area (Å²) in [5, 5.41) is 9.34. The lowest BCUT2D eigenvalue weighted by atomic mass is 9.95. The lowest BCUT2D eigenvalue weighted by molar-refractivity contribution is -0.139. The highest BCUT2D eigenvalue weighted by Gasteiger charge is 2.37. The smallest absolute Gasteiger partial charge is 0.338 e. The first-order chi connectivity index (χ1) is 19.4. The zero-order chi connectivity index (χ0) is 28.2. The van der Waals surface area contributed by atoms with Crippen molar-refractivity contribution in [2.45, 2.75) is 44.3 Å². The highest BCUT2D eigenvalue weighted by molar-refractivity contribution is 9.10. The van der Waals surface area contributed by atoms with E-state index in [1.807, 2.05) is 67.6 Å². The Morgan fingerprint density at radius 2 is 1.85 bits per heavy atom. The lowest BCUT2D eigenvalue weighted by Crippen LogP contribution is -2.30. The second-order valence-electron chi connectivity index (χ2n) is 9.23. The van der Waals surface area contributed by atoms with Crippen LogP contribution in [0.25, 0.3) is 0 Å². The Bertz CT molecular complexity index is 1590. The van der Waals surface area contributed by atoms with Crippen molar-refractivity contribution in [3.63, 3.8) is 0 Å². The quantitative estimate of drug-likeness (QED) is 0.148. The third-order valence-corrected chi connectivity index (χ3v) is 8.30. The van der Waals surface area contributed by atoms with Crippen LogP contribution in [0, 0.1) is 6.92 Å². The van der Waals surface area contributed by atoms with Crippen molar-refractivity contribution in [2.75, 3.05) is 11.9 Å². The molecule has 0 aliphatic carbocycles. The predicted octanol–water partition coefficient (Wildman–Crippen LogP) is 7.73. The molecule has 1 aliphatic rings. The number of fused-ring (bicyclic) bond motifs is 1. The second kappa shape index (κ2) is 12.5. The molecule has 5 rings (SSSR count). The molecule has 10 heteroatoms. The van der Waals surface area contributed by atoms with E-state index < -0.39 is 12.0 Å². The van der Waals surface area contributed by atoms with Gasteiger partial charge in [0.1, 0.15) is 18.4 Å². The summed E-state index contributed by atoms with van der Waals surface area (Å²) in [5.41, 5.74) is 5.08. The Balaban J connectivity index is 1.54. The van der Waals surface area contributed by atoms with Gasteiger partial charge in [0.05, 0.1) is 12.2 Å². The summed E-state index contributed by atoms with van der Waals surface area (Å²) in [5.74, 6) is 1.35. The van der Waals surface area contributed by atoms with Crippen molar-refractivity contribution in [1.29, 1.82) is 0 Å². The number of rotatable bonds is 9. The van der Waals surface area contributed by atoms with E-state index in [2.05, 4.69) is 34.2 Å². The van der Waals surface area contributed by atoms with Crippen molar-refractivity contribution in [2.24, 2.45) is 0 Å². The minimum Gasteiger partial charge on any atom is -0.489 e. The maximum absolute atomic E-state index is 13.3. The van der Waals surface area contributed by atoms with Gasteiger partial charge in [-0.05, 0) is 61.7 Å². The number of hydrogen-bond acceptors (Lipinski definition) is 7. The fourth-order valence-corrected chi connectivity index (χ4v) is 6.00. The molecule has 3 aromatic carbocycles. The molecule has 1 unspecified atom stereocenters. The number of esters is 1.